The van der Waals surface area contributed by atoms with Crippen LogP contribution >= 0.6 is 0 Å². The number of phenols is 1. The van der Waals surface area contributed by atoms with Crippen LogP contribution in [0.3, 0.4) is 0 Å². The third kappa shape index (κ3) is 12.0. The van der Waals surface area contributed by atoms with E-state index in [4.69, 9.17) is 20.9 Å². The van der Waals surface area contributed by atoms with Gasteiger partial charge in [-0.3, -0.25) is 14.4 Å². The maximum absolute atomic E-state index is 13.6. The molecule has 2 aromatic carbocycles. The molecule has 0 unspecified atom stereocenters. The fourth-order valence-electron chi connectivity index (χ4n) is 5.34. The molecule has 0 spiro atoms. The third-order valence-corrected chi connectivity index (χ3v) is 7.88. The molecule has 0 aliphatic rings. The second-order valence-corrected chi connectivity index (χ2v) is 15.0. The number of rotatable bonds is 14. The Morgan fingerprint density at radius 3 is 2.16 bits per heavy atom. The van der Waals surface area contributed by atoms with Crippen LogP contribution in [-0.4, -0.2) is 90.2 Å². The molecule has 0 saturated heterocycles. The Kier molecular flexibility index (Phi) is 13.0. The molecule has 4 aromatic rings. The van der Waals surface area contributed by atoms with Crippen LogP contribution in [0.5, 0.6) is 5.75 Å². The van der Waals surface area contributed by atoms with E-state index in [1.807, 2.05) is 4.90 Å². The number of carboxylic acid groups (broad SMARTS) is 1. The van der Waals surface area contributed by atoms with Gasteiger partial charge in [-0.15, -0.1) is 0 Å². The van der Waals surface area contributed by atoms with Gasteiger partial charge in [0, 0.05) is 31.1 Å². The summed E-state index contributed by atoms with van der Waals surface area (Å²) in [4.78, 5) is 83.3. The summed E-state index contributed by atoms with van der Waals surface area (Å²) in [5, 5.41) is 25.4. The van der Waals surface area contributed by atoms with Gasteiger partial charge in [-0.05, 0) is 89.9 Å². The maximum Gasteiger partial charge on any atom is 0.342 e. The van der Waals surface area contributed by atoms with E-state index in [0.717, 1.165) is 0 Å². The molecular weight excluding hydrogens is 726 g/mol. The van der Waals surface area contributed by atoms with Gasteiger partial charge in [0.1, 0.15) is 34.6 Å². The van der Waals surface area contributed by atoms with Gasteiger partial charge in [0.25, 0.3) is 5.91 Å². The summed E-state index contributed by atoms with van der Waals surface area (Å²) in [6.07, 6.45) is 0.767. The minimum atomic E-state index is -1.52. The second-order valence-electron chi connectivity index (χ2n) is 15.0. The van der Waals surface area contributed by atoms with Crippen LogP contribution in [0.4, 0.5) is 17.5 Å². The molecule has 0 aliphatic heterocycles. The summed E-state index contributed by atoms with van der Waals surface area (Å²) in [5.74, 6) is -4.66. The molecule has 4 rings (SSSR count). The van der Waals surface area contributed by atoms with Gasteiger partial charge in [-0.1, -0.05) is 6.07 Å². The molecule has 298 valence electrons. The van der Waals surface area contributed by atoms with Crippen LogP contribution in [-0.2, 0) is 36.8 Å². The third-order valence-electron chi connectivity index (χ3n) is 7.88. The van der Waals surface area contributed by atoms with Gasteiger partial charge in [0.05, 0.1) is 18.4 Å². The molecule has 0 aliphatic carbocycles. The lowest BCUT2D eigenvalue weighted by Gasteiger charge is -2.23. The summed E-state index contributed by atoms with van der Waals surface area (Å²) in [6, 6.07) is 7.48. The summed E-state index contributed by atoms with van der Waals surface area (Å²) < 4.78 is 10.7. The van der Waals surface area contributed by atoms with Gasteiger partial charge in [-0.2, -0.15) is 9.97 Å². The number of phenolic OH excluding ortho intramolecular Hbond substituents is 1. The quantitative estimate of drug-likeness (QED) is 0.101. The molecule has 0 radical (unpaired) electrons. The number of aliphatic carboxylic acids is 1. The molecule has 18 nitrogen and oxygen atoms in total. The Morgan fingerprint density at radius 2 is 1.54 bits per heavy atom. The van der Waals surface area contributed by atoms with Crippen molar-refractivity contribution >= 4 is 58.3 Å². The first kappa shape index (κ1) is 42.2. The number of hydrogen-bond donors (Lipinski definition) is 6. The van der Waals surface area contributed by atoms with E-state index in [1.165, 1.54) is 36.5 Å². The number of aromatic hydroxyl groups is 1. The van der Waals surface area contributed by atoms with E-state index >= 15 is 0 Å². The number of nitrogen functional groups attached to an aromatic ring is 2. The summed E-state index contributed by atoms with van der Waals surface area (Å²) in [7, 11) is 1.80. The maximum atomic E-state index is 13.6. The minimum Gasteiger partial charge on any atom is -0.507 e. The smallest absolute Gasteiger partial charge is 0.342 e. The fraction of sp³-hybridized carbons (Fsp3) is 0.395. The summed E-state index contributed by atoms with van der Waals surface area (Å²) in [6.45, 7) is 10.3. The van der Waals surface area contributed by atoms with E-state index < -0.39 is 53.0 Å². The highest BCUT2D eigenvalue weighted by molar-refractivity contribution is 5.98. The Hall–Kier alpha value is -6.59. The monoisotopic (exact) mass is 773 g/mol. The zero-order valence-corrected chi connectivity index (χ0v) is 32.2. The lowest BCUT2D eigenvalue weighted by molar-refractivity contribution is -0.155. The number of benzene rings is 2. The molecule has 0 fully saturated rings. The SMILES string of the molecule is CN(Cc1cnc2nc(N)nc(N)c2n1)c1ccc(C(=O)N[C@@H](CCC(=O)OC(C)(C)C)C(=O)N[C@@H](Cc2ccc(O)c(C(=O)OC(C)(C)C)c2)C(=O)O)cc1. The predicted octanol–water partition coefficient (Wildman–Crippen LogP) is 2.91. The van der Waals surface area contributed by atoms with Crippen molar-refractivity contribution in [1.82, 2.24) is 30.6 Å². The Balaban J connectivity index is 1.49. The topological polar surface area (TPSA) is 275 Å². The first-order valence-corrected chi connectivity index (χ1v) is 17.6. The van der Waals surface area contributed by atoms with Gasteiger partial charge in [0.15, 0.2) is 17.0 Å². The fourth-order valence-corrected chi connectivity index (χ4v) is 5.34. The molecule has 2 amide bonds. The van der Waals surface area contributed by atoms with E-state index in [2.05, 4.69) is 30.6 Å². The molecule has 18 heteroatoms. The lowest BCUT2D eigenvalue weighted by atomic mass is 10.0. The molecule has 8 N–H and O–H groups in total. The van der Waals surface area contributed by atoms with Gasteiger partial charge in [0.2, 0.25) is 11.9 Å². The second kappa shape index (κ2) is 17.3. The van der Waals surface area contributed by atoms with Gasteiger partial charge in [-0.25, -0.2) is 19.6 Å². The number of nitrogens with one attached hydrogen (secondary N) is 2. The summed E-state index contributed by atoms with van der Waals surface area (Å²) in [5.41, 5.74) is 12.1. The minimum absolute atomic E-state index is 0.0141. The number of ether oxygens (including phenoxy) is 2. The van der Waals surface area contributed by atoms with Crippen molar-refractivity contribution in [2.45, 2.75) is 90.6 Å². The highest BCUT2D eigenvalue weighted by Crippen LogP contribution is 2.24. The van der Waals surface area contributed by atoms with Crippen LogP contribution in [0.25, 0.3) is 11.2 Å². The van der Waals surface area contributed by atoms with Crippen molar-refractivity contribution in [2.75, 3.05) is 23.4 Å². The van der Waals surface area contributed by atoms with Crippen LogP contribution in [0.1, 0.15) is 86.4 Å². The average molecular weight is 774 g/mol. The lowest BCUT2D eigenvalue weighted by Crippen LogP contribution is -2.52. The highest BCUT2D eigenvalue weighted by atomic mass is 16.6. The van der Waals surface area contributed by atoms with E-state index in [-0.39, 0.29) is 53.6 Å². The summed E-state index contributed by atoms with van der Waals surface area (Å²) >= 11 is 0. The number of carbonyl (C=O) groups is 5. The van der Waals surface area contributed by atoms with E-state index in [1.54, 1.807) is 60.7 Å². The normalized spacial score (nSPS) is 12.6. The molecule has 56 heavy (non-hydrogen) atoms. The highest BCUT2D eigenvalue weighted by Gasteiger charge is 2.29. The number of carbonyl (C=O) groups excluding carboxylic acids is 4. The van der Waals surface area contributed by atoms with Crippen molar-refractivity contribution in [3.8, 4) is 5.75 Å². The number of hydrogen-bond acceptors (Lipinski definition) is 15. The number of esters is 2. The molecular formula is C38H47N9O9. The van der Waals surface area contributed by atoms with Crippen LogP contribution in [0, 0.1) is 0 Å². The van der Waals surface area contributed by atoms with Crippen molar-refractivity contribution in [1.29, 1.82) is 0 Å². The van der Waals surface area contributed by atoms with E-state index in [0.29, 0.717) is 29.0 Å². The number of fused-ring (bicyclic) bond motifs is 1. The van der Waals surface area contributed by atoms with Crippen LogP contribution in [0.15, 0.2) is 48.7 Å². The number of nitrogens with two attached hydrogens (primary N) is 2. The number of carboxylic acids is 1. The van der Waals surface area contributed by atoms with Crippen molar-refractivity contribution in [3.63, 3.8) is 0 Å². The number of aromatic nitrogens is 4. The van der Waals surface area contributed by atoms with Crippen molar-refractivity contribution in [2.24, 2.45) is 0 Å². The van der Waals surface area contributed by atoms with Gasteiger partial charge >= 0.3 is 17.9 Å². The Labute approximate surface area is 323 Å². The van der Waals surface area contributed by atoms with Crippen LogP contribution < -0.4 is 27.0 Å². The molecule has 2 atom stereocenters. The number of nitrogens with zero attached hydrogens (tertiary/aromatic N) is 5. The van der Waals surface area contributed by atoms with Crippen LogP contribution in [0.2, 0.25) is 0 Å². The molecule has 0 bridgehead atoms. The van der Waals surface area contributed by atoms with Crippen molar-refractivity contribution in [3.05, 3.63) is 71.0 Å². The number of amides is 2. The molecule has 2 heterocycles. The predicted molar refractivity (Wildman–Crippen MR) is 205 cm³/mol. The Morgan fingerprint density at radius 1 is 0.875 bits per heavy atom. The first-order valence-electron chi connectivity index (χ1n) is 17.6. The zero-order valence-electron chi connectivity index (χ0n) is 32.2. The Bertz CT molecular complexity index is 2110. The first-order chi connectivity index (χ1) is 26.1. The largest absolute Gasteiger partial charge is 0.507 e. The molecule has 0 saturated carbocycles. The zero-order chi connectivity index (χ0) is 41.5. The number of anilines is 3. The van der Waals surface area contributed by atoms with E-state index in [9.17, 15) is 34.2 Å². The molecule has 2 aromatic heterocycles. The standard InChI is InChI=1S/C38H47N9O9/c1-37(2,3)55-28(49)15-13-25(33(51)44-26(34(52)53)17-20-8-14-27(48)24(16-20)35(54)56-38(4,5)6)43-32(50)21-9-11-23(12-10-21)47(7)19-22-18-41-31-29(42-22)30(39)45-36(40)46-31/h8-12,14,16,18,25-26,48H,13,15,17,19H2,1-7H3,(H,43,50)(H,44,51)(H,52,53)(H4,39,40,41,45,46)/t25-,26-/m0/s1. The average Bonchev–Trinajstić information content (AvgIpc) is 3.09. The van der Waals surface area contributed by atoms with Crippen molar-refractivity contribution < 1.29 is 43.7 Å². The van der Waals surface area contributed by atoms with Gasteiger partial charge < -0.3 is 46.7 Å².